The van der Waals surface area contributed by atoms with Crippen molar-refractivity contribution in [2.45, 2.75) is 59.3 Å². The molecule has 1 saturated heterocycles. The Morgan fingerprint density at radius 2 is 1.63 bits per heavy atom. The molecule has 0 amide bonds. The molecule has 0 atom stereocenters. The van der Waals surface area contributed by atoms with Crippen molar-refractivity contribution in [2.24, 2.45) is 0 Å². The molecule has 0 saturated carbocycles. The average Bonchev–Trinajstić information content (AvgIpc) is 3.18. The molecular formula is C20H29BN2O4. The highest BCUT2D eigenvalue weighted by molar-refractivity contribution is 6.62. The summed E-state index contributed by atoms with van der Waals surface area (Å²) in [6.45, 7) is 12.3. The first kappa shape index (κ1) is 21.2. The molecule has 0 aliphatic carbocycles. The Bertz CT molecular complexity index is 753. The van der Waals surface area contributed by atoms with Gasteiger partial charge in [-0.3, -0.25) is 9.48 Å². The van der Waals surface area contributed by atoms with Crippen LogP contribution in [0, 0.1) is 0 Å². The summed E-state index contributed by atoms with van der Waals surface area (Å²) >= 11 is 0. The number of aromatic nitrogens is 2. The van der Waals surface area contributed by atoms with Crippen molar-refractivity contribution < 1.29 is 18.8 Å². The summed E-state index contributed by atoms with van der Waals surface area (Å²) in [6, 6.07) is 7.99. The van der Waals surface area contributed by atoms with E-state index in [0.29, 0.717) is 0 Å². The number of nitrogens with zero attached hydrogens (tertiary/aromatic N) is 2. The number of esters is 1. The van der Waals surface area contributed by atoms with Gasteiger partial charge in [0.15, 0.2) is 0 Å². The Hall–Kier alpha value is -2.12. The van der Waals surface area contributed by atoms with E-state index in [2.05, 4.69) is 9.84 Å². The molecule has 146 valence electrons. The van der Waals surface area contributed by atoms with Gasteiger partial charge in [0, 0.05) is 11.8 Å². The second-order valence-electron chi connectivity index (χ2n) is 7.21. The minimum absolute atomic E-state index is 0.0997. The maximum Gasteiger partial charge on any atom is 0.494 e. The highest BCUT2D eigenvalue weighted by Crippen LogP contribution is 2.36. The Kier molecular flexibility index (Phi) is 6.49. The number of hydrogen-bond donors (Lipinski definition) is 0. The van der Waals surface area contributed by atoms with Gasteiger partial charge in [-0.05, 0) is 38.7 Å². The van der Waals surface area contributed by atoms with E-state index in [1.165, 1.54) is 7.11 Å². The molecular weight excluding hydrogens is 343 g/mol. The predicted molar refractivity (Wildman–Crippen MR) is 107 cm³/mol. The Labute approximate surface area is 162 Å². The molecule has 27 heavy (non-hydrogen) atoms. The van der Waals surface area contributed by atoms with Crippen molar-refractivity contribution in [3.8, 4) is 11.1 Å². The fraction of sp³-hybridized carbons (Fsp3) is 0.500. The molecule has 1 aromatic carbocycles. The van der Waals surface area contributed by atoms with Gasteiger partial charge in [0.25, 0.3) is 0 Å². The molecule has 3 rings (SSSR count). The van der Waals surface area contributed by atoms with Crippen molar-refractivity contribution in [1.29, 1.82) is 0 Å². The highest BCUT2D eigenvalue weighted by Gasteiger charge is 2.51. The van der Waals surface area contributed by atoms with E-state index >= 15 is 0 Å². The second kappa shape index (κ2) is 8.27. The SMILES string of the molecule is CC.COC(=O)Cn1cc(-c2ccc(B3OC(C)(C)C(C)(C)O3)cc2)cn1. The molecule has 1 aromatic heterocycles. The van der Waals surface area contributed by atoms with E-state index in [1.54, 1.807) is 10.9 Å². The van der Waals surface area contributed by atoms with Crippen LogP contribution in [0.5, 0.6) is 0 Å². The molecule has 1 aliphatic heterocycles. The predicted octanol–water partition coefficient (Wildman–Crippen LogP) is 3.05. The van der Waals surface area contributed by atoms with E-state index in [9.17, 15) is 4.79 Å². The monoisotopic (exact) mass is 372 g/mol. The lowest BCUT2D eigenvalue weighted by Gasteiger charge is -2.32. The molecule has 1 fully saturated rings. The maximum atomic E-state index is 11.3. The topological polar surface area (TPSA) is 62.6 Å². The fourth-order valence-electron chi connectivity index (χ4n) is 2.61. The zero-order valence-corrected chi connectivity index (χ0v) is 17.3. The first-order valence-corrected chi connectivity index (χ1v) is 9.27. The van der Waals surface area contributed by atoms with Crippen LogP contribution in [-0.4, -0.2) is 41.2 Å². The average molecular weight is 372 g/mol. The van der Waals surface area contributed by atoms with Crippen molar-refractivity contribution in [3.63, 3.8) is 0 Å². The number of carbonyl (C=O) groups excluding carboxylic acids is 1. The molecule has 1 aliphatic rings. The van der Waals surface area contributed by atoms with Crippen LogP contribution in [0.1, 0.15) is 41.5 Å². The van der Waals surface area contributed by atoms with E-state index in [1.807, 2.05) is 72.0 Å². The first-order valence-electron chi connectivity index (χ1n) is 9.27. The molecule has 0 bridgehead atoms. The van der Waals surface area contributed by atoms with Gasteiger partial charge in [-0.1, -0.05) is 38.1 Å². The molecule has 2 aromatic rings. The van der Waals surface area contributed by atoms with Crippen LogP contribution < -0.4 is 5.46 Å². The lowest BCUT2D eigenvalue weighted by atomic mass is 9.78. The lowest BCUT2D eigenvalue weighted by molar-refractivity contribution is -0.141. The summed E-state index contributed by atoms with van der Waals surface area (Å²) < 4.78 is 18.3. The Morgan fingerprint density at radius 3 is 2.15 bits per heavy atom. The van der Waals surface area contributed by atoms with Crippen LogP contribution in [-0.2, 0) is 25.4 Å². The smallest absolute Gasteiger partial charge is 0.468 e. The third-order valence-electron chi connectivity index (χ3n) is 4.92. The summed E-state index contributed by atoms with van der Waals surface area (Å²) in [5.74, 6) is -0.328. The third kappa shape index (κ3) is 4.60. The Balaban J connectivity index is 0.00000126. The number of ether oxygens (including phenoxy) is 1. The van der Waals surface area contributed by atoms with E-state index in [0.717, 1.165) is 16.6 Å². The van der Waals surface area contributed by atoms with E-state index in [4.69, 9.17) is 9.31 Å². The van der Waals surface area contributed by atoms with E-state index in [-0.39, 0.29) is 30.8 Å². The van der Waals surface area contributed by atoms with Crippen LogP contribution in [0.2, 0.25) is 0 Å². The minimum atomic E-state index is -0.374. The van der Waals surface area contributed by atoms with Gasteiger partial charge < -0.3 is 14.0 Å². The summed E-state index contributed by atoms with van der Waals surface area (Å²) in [5.41, 5.74) is 2.21. The lowest BCUT2D eigenvalue weighted by Crippen LogP contribution is -2.41. The summed E-state index contributed by atoms with van der Waals surface area (Å²) in [4.78, 5) is 11.3. The minimum Gasteiger partial charge on any atom is -0.468 e. The van der Waals surface area contributed by atoms with Crippen molar-refractivity contribution >= 4 is 18.6 Å². The van der Waals surface area contributed by atoms with Gasteiger partial charge >= 0.3 is 13.1 Å². The van der Waals surface area contributed by atoms with Crippen LogP contribution >= 0.6 is 0 Å². The second-order valence-corrected chi connectivity index (χ2v) is 7.21. The van der Waals surface area contributed by atoms with Gasteiger partial charge in [-0.25, -0.2) is 0 Å². The van der Waals surface area contributed by atoms with Crippen LogP contribution in [0.15, 0.2) is 36.7 Å². The van der Waals surface area contributed by atoms with Crippen LogP contribution in [0.4, 0.5) is 0 Å². The van der Waals surface area contributed by atoms with Gasteiger partial charge in [0.05, 0.1) is 24.5 Å². The van der Waals surface area contributed by atoms with Gasteiger partial charge in [-0.15, -0.1) is 0 Å². The van der Waals surface area contributed by atoms with Gasteiger partial charge in [0.1, 0.15) is 6.54 Å². The van der Waals surface area contributed by atoms with Crippen molar-refractivity contribution in [1.82, 2.24) is 9.78 Å². The molecule has 0 spiro atoms. The van der Waals surface area contributed by atoms with Crippen molar-refractivity contribution in [2.75, 3.05) is 7.11 Å². The number of rotatable bonds is 4. The molecule has 0 N–H and O–H groups in total. The van der Waals surface area contributed by atoms with Gasteiger partial charge in [-0.2, -0.15) is 5.10 Å². The largest absolute Gasteiger partial charge is 0.494 e. The third-order valence-corrected chi connectivity index (χ3v) is 4.92. The highest BCUT2D eigenvalue weighted by atomic mass is 16.7. The fourth-order valence-corrected chi connectivity index (χ4v) is 2.61. The number of carbonyl (C=O) groups is 1. The van der Waals surface area contributed by atoms with Crippen LogP contribution in [0.3, 0.4) is 0 Å². The number of hydrogen-bond acceptors (Lipinski definition) is 5. The zero-order valence-electron chi connectivity index (χ0n) is 17.3. The standard InChI is InChI=1S/C18H23BN2O4.C2H6/c1-17(2)18(3,4)25-19(24-17)15-8-6-13(7-9-15)14-10-20-21(11-14)12-16(22)23-5;1-2/h6-11H,12H2,1-5H3;1-2H3. The normalized spacial score (nSPS) is 17.2. The number of benzene rings is 1. The summed E-state index contributed by atoms with van der Waals surface area (Å²) in [5, 5.41) is 4.18. The van der Waals surface area contributed by atoms with Crippen LogP contribution in [0.25, 0.3) is 11.1 Å². The summed E-state index contributed by atoms with van der Waals surface area (Å²) in [6.07, 6.45) is 3.55. The van der Waals surface area contributed by atoms with Crippen molar-refractivity contribution in [3.05, 3.63) is 36.7 Å². The van der Waals surface area contributed by atoms with Gasteiger partial charge in [0.2, 0.25) is 0 Å². The van der Waals surface area contributed by atoms with E-state index < -0.39 is 0 Å². The first-order chi connectivity index (χ1) is 12.7. The maximum absolute atomic E-state index is 11.3. The number of methoxy groups -OCH3 is 1. The molecule has 0 radical (unpaired) electrons. The molecule has 2 heterocycles. The summed E-state index contributed by atoms with van der Waals surface area (Å²) in [7, 11) is 0.988. The zero-order chi connectivity index (χ0) is 20.2. The Morgan fingerprint density at radius 1 is 1.07 bits per heavy atom. The molecule has 7 heteroatoms. The molecule has 0 unspecified atom stereocenters. The quantitative estimate of drug-likeness (QED) is 0.610. The molecule has 6 nitrogen and oxygen atoms in total.